The molecule has 1 aliphatic heterocycles. The van der Waals surface area contributed by atoms with Crippen molar-refractivity contribution in [1.29, 1.82) is 0 Å². The Morgan fingerprint density at radius 1 is 1.17 bits per heavy atom. The van der Waals surface area contributed by atoms with Gasteiger partial charge in [0.1, 0.15) is 0 Å². The van der Waals surface area contributed by atoms with E-state index in [2.05, 4.69) is 5.32 Å². The van der Waals surface area contributed by atoms with Crippen molar-refractivity contribution in [2.75, 3.05) is 19.6 Å². The highest BCUT2D eigenvalue weighted by Crippen LogP contribution is 2.09. The van der Waals surface area contributed by atoms with Crippen molar-refractivity contribution in [2.24, 2.45) is 0 Å². The Morgan fingerprint density at radius 3 is 2.33 bits per heavy atom. The molecule has 1 aliphatic rings. The van der Waals surface area contributed by atoms with Gasteiger partial charge in [-0.25, -0.2) is 4.79 Å². The Hall–Kier alpha value is -1.26. The van der Waals surface area contributed by atoms with Crippen LogP contribution >= 0.6 is 0 Å². The molecule has 0 aromatic rings. The summed E-state index contributed by atoms with van der Waals surface area (Å²) in [5, 5.41) is 2.77. The summed E-state index contributed by atoms with van der Waals surface area (Å²) >= 11 is 0. The van der Waals surface area contributed by atoms with E-state index in [1.165, 1.54) is 12.8 Å². The van der Waals surface area contributed by atoms with Gasteiger partial charge in [0, 0.05) is 19.6 Å². The smallest absolute Gasteiger partial charge is 0.317 e. The molecule has 104 valence electrons. The molecule has 0 radical (unpaired) electrons. The quantitative estimate of drug-likeness (QED) is 0.782. The van der Waals surface area contributed by atoms with Crippen molar-refractivity contribution in [3.05, 3.63) is 0 Å². The van der Waals surface area contributed by atoms with Gasteiger partial charge in [-0.1, -0.05) is 12.8 Å². The number of hydrogen-bond donors (Lipinski definition) is 1. The Morgan fingerprint density at radius 2 is 1.78 bits per heavy atom. The number of rotatable bonds is 4. The zero-order chi connectivity index (χ0) is 13.4. The van der Waals surface area contributed by atoms with Gasteiger partial charge in [-0.2, -0.15) is 0 Å². The predicted octanol–water partition coefficient (Wildman–Crippen LogP) is 1.91. The van der Waals surface area contributed by atoms with E-state index < -0.39 is 0 Å². The highest BCUT2D eigenvalue weighted by atomic mass is 16.5. The van der Waals surface area contributed by atoms with Crippen LogP contribution in [0.1, 0.15) is 46.0 Å². The summed E-state index contributed by atoms with van der Waals surface area (Å²) in [7, 11) is 0. The third-order valence-electron chi connectivity index (χ3n) is 2.87. The van der Waals surface area contributed by atoms with Gasteiger partial charge in [-0.3, -0.25) is 4.79 Å². The second kappa shape index (κ2) is 7.95. The van der Waals surface area contributed by atoms with Crippen LogP contribution in [0, 0.1) is 0 Å². The van der Waals surface area contributed by atoms with E-state index in [-0.39, 0.29) is 24.5 Å². The lowest BCUT2D eigenvalue weighted by molar-refractivity contribution is -0.147. The lowest BCUT2D eigenvalue weighted by Crippen LogP contribution is -2.41. The van der Waals surface area contributed by atoms with Crippen molar-refractivity contribution in [1.82, 2.24) is 10.2 Å². The Kier molecular flexibility index (Phi) is 6.54. The molecule has 0 spiro atoms. The monoisotopic (exact) mass is 256 g/mol. The van der Waals surface area contributed by atoms with Gasteiger partial charge in [0.05, 0.1) is 12.5 Å². The molecule has 0 saturated carbocycles. The summed E-state index contributed by atoms with van der Waals surface area (Å²) in [6.45, 7) is 5.62. The molecule has 5 nitrogen and oxygen atoms in total. The third-order valence-corrected chi connectivity index (χ3v) is 2.87. The van der Waals surface area contributed by atoms with Gasteiger partial charge < -0.3 is 15.0 Å². The van der Waals surface area contributed by atoms with Crippen LogP contribution in [-0.4, -0.2) is 42.6 Å². The standard InChI is InChI=1S/C13H24N2O3/c1-11(2)18-12(16)7-8-14-13(17)15-9-5-3-4-6-10-15/h11H,3-10H2,1-2H3,(H,14,17). The van der Waals surface area contributed by atoms with Crippen molar-refractivity contribution in [2.45, 2.75) is 52.1 Å². The molecule has 18 heavy (non-hydrogen) atoms. The SMILES string of the molecule is CC(C)OC(=O)CCNC(=O)N1CCCCCC1. The summed E-state index contributed by atoms with van der Waals surface area (Å²) in [5.41, 5.74) is 0. The summed E-state index contributed by atoms with van der Waals surface area (Å²) in [5.74, 6) is -0.263. The second-order valence-electron chi connectivity index (χ2n) is 4.92. The maximum absolute atomic E-state index is 11.8. The lowest BCUT2D eigenvalue weighted by Gasteiger charge is -2.20. The van der Waals surface area contributed by atoms with Crippen LogP contribution in [0.3, 0.4) is 0 Å². The second-order valence-corrected chi connectivity index (χ2v) is 4.92. The van der Waals surface area contributed by atoms with E-state index in [0.717, 1.165) is 25.9 Å². The molecule has 0 bridgehead atoms. The summed E-state index contributed by atoms with van der Waals surface area (Å²) in [6.07, 6.45) is 4.68. The minimum atomic E-state index is -0.263. The normalized spacial score (nSPS) is 16.3. The third kappa shape index (κ3) is 5.89. The maximum Gasteiger partial charge on any atom is 0.317 e. The van der Waals surface area contributed by atoms with Crippen LogP contribution in [0.15, 0.2) is 0 Å². The Labute approximate surface area is 109 Å². The van der Waals surface area contributed by atoms with Crippen LogP contribution in [0.5, 0.6) is 0 Å². The van der Waals surface area contributed by atoms with Crippen molar-refractivity contribution in [3.63, 3.8) is 0 Å². The van der Waals surface area contributed by atoms with Crippen LogP contribution in [0.2, 0.25) is 0 Å². The number of carbonyl (C=O) groups is 2. The van der Waals surface area contributed by atoms with E-state index in [1.54, 1.807) is 0 Å². The average Bonchev–Trinajstić information content (AvgIpc) is 2.56. The van der Waals surface area contributed by atoms with Gasteiger partial charge in [-0.05, 0) is 26.7 Å². The van der Waals surface area contributed by atoms with Crippen LogP contribution in [0.25, 0.3) is 0 Å². The van der Waals surface area contributed by atoms with Crippen LogP contribution in [-0.2, 0) is 9.53 Å². The molecular weight excluding hydrogens is 232 g/mol. The number of likely N-dealkylation sites (tertiary alicyclic amines) is 1. The maximum atomic E-state index is 11.8. The lowest BCUT2D eigenvalue weighted by atomic mass is 10.2. The highest BCUT2D eigenvalue weighted by molar-refractivity contribution is 5.75. The van der Waals surface area contributed by atoms with Crippen LogP contribution < -0.4 is 5.32 Å². The van der Waals surface area contributed by atoms with E-state index in [9.17, 15) is 9.59 Å². The fourth-order valence-electron chi connectivity index (χ4n) is 1.98. The number of ether oxygens (including phenoxy) is 1. The molecule has 2 amide bonds. The average molecular weight is 256 g/mol. The minimum Gasteiger partial charge on any atom is -0.463 e. The van der Waals surface area contributed by atoms with E-state index in [0.29, 0.717) is 6.54 Å². The highest BCUT2D eigenvalue weighted by Gasteiger charge is 2.15. The topological polar surface area (TPSA) is 58.6 Å². The number of esters is 1. The van der Waals surface area contributed by atoms with Gasteiger partial charge >= 0.3 is 12.0 Å². The molecule has 0 aromatic heterocycles. The number of carbonyl (C=O) groups excluding carboxylic acids is 2. The largest absolute Gasteiger partial charge is 0.463 e. The molecule has 1 N–H and O–H groups in total. The van der Waals surface area contributed by atoms with Crippen molar-refractivity contribution in [3.8, 4) is 0 Å². The number of amides is 2. The minimum absolute atomic E-state index is 0.0609. The molecule has 0 aliphatic carbocycles. The Balaban J connectivity index is 2.17. The summed E-state index contributed by atoms with van der Waals surface area (Å²) < 4.78 is 4.99. The molecule has 0 atom stereocenters. The first-order valence-electron chi connectivity index (χ1n) is 6.82. The van der Waals surface area contributed by atoms with Gasteiger partial charge in [-0.15, -0.1) is 0 Å². The van der Waals surface area contributed by atoms with E-state index in [1.807, 2.05) is 18.7 Å². The first-order chi connectivity index (χ1) is 8.59. The molecule has 1 fully saturated rings. The zero-order valence-corrected chi connectivity index (χ0v) is 11.4. The van der Waals surface area contributed by atoms with Gasteiger partial charge in [0.25, 0.3) is 0 Å². The molecule has 1 rings (SSSR count). The number of urea groups is 1. The number of nitrogens with one attached hydrogen (secondary N) is 1. The zero-order valence-electron chi connectivity index (χ0n) is 11.4. The number of nitrogens with zero attached hydrogens (tertiary/aromatic N) is 1. The fraction of sp³-hybridized carbons (Fsp3) is 0.846. The van der Waals surface area contributed by atoms with Gasteiger partial charge in [0.15, 0.2) is 0 Å². The van der Waals surface area contributed by atoms with E-state index >= 15 is 0 Å². The number of hydrogen-bond acceptors (Lipinski definition) is 3. The molecule has 1 saturated heterocycles. The van der Waals surface area contributed by atoms with Crippen LogP contribution in [0.4, 0.5) is 4.79 Å². The Bertz CT molecular complexity index is 271. The molecule has 0 unspecified atom stereocenters. The van der Waals surface area contributed by atoms with Crippen molar-refractivity contribution < 1.29 is 14.3 Å². The summed E-state index contributed by atoms with van der Waals surface area (Å²) in [6, 6.07) is -0.0609. The molecular formula is C13H24N2O3. The molecule has 1 heterocycles. The summed E-state index contributed by atoms with van der Waals surface area (Å²) in [4.78, 5) is 24.9. The first kappa shape index (κ1) is 14.8. The molecule has 0 aromatic carbocycles. The van der Waals surface area contributed by atoms with Crippen molar-refractivity contribution >= 4 is 12.0 Å². The molecule has 5 heteroatoms. The predicted molar refractivity (Wildman–Crippen MR) is 69.3 cm³/mol. The van der Waals surface area contributed by atoms with E-state index in [4.69, 9.17) is 4.74 Å². The first-order valence-corrected chi connectivity index (χ1v) is 6.82. The fourth-order valence-corrected chi connectivity index (χ4v) is 1.98. The van der Waals surface area contributed by atoms with Gasteiger partial charge in [0.2, 0.25) is 0 Å².